The van der Waals surface area contributed by atoms with Crippen LogP contribution in [0.25, 0.3) is 0 Å². The van der Waals surface area contributed by atoms with Gasteiger partial charge < -0.3 is 15.7 Å². The summed E-state index contributed by atoms with van der Waals surface area (Å²) >= 11 is 1.58. The van der Waals surface area contributed by atoms with E-state index in [1.807, 2.05) is 17.5 Å². The highest BCUT2D eigenvalue weighted by Crippen LogP contribution is 2.06. The molecule has 5 nitrogen and oxygen atoms in total. The maximum absolute atomic E-state index is 11.3. The Hall–Kier alpha value is -1.40. The SMILES string of the molecule is O=C(O)CCNCC(=O)NCc1cccs1. The molecule has 1 rings (SSSR count). The maximum atomic E-state index is 11.3. The van der Waals surface area contributed by atoms with Crippen LogP contribution in [0.4, 0.5) is 0 Å². The number of thiophene rings is 1. The fourth-order valence-electron chi connectivity index (χ4n) is 1.06. The molecule has 1 aromatic rings. The van der Waals surface area contributed by atoms with Gasteiger partial charge in [0.2, 0.25) is 5.91 Å². The van der Waals surface area contributed by atoms with Crippen LogP contribution in [0.2, 0.25) is 0 Å². The molecular weight excluding hydrogens is 228 g/mol. The predicted octanol–water partition coefficient (Wildman–Crippen LogP) is 0.429. The van der Waals surface area contributed by atoms with E-state index in [9.17, 15) is 9.59 Å². The minimum Gasteiger partial charge on any atom is -0.481 e. The molecule has 0 aromatic carbocycles. The number of aliphatic carboxylic acids is 1. The number of hydrogen-bond donors (Lipinski definition) is 3. The molecular formula is C10H14N2O3S. The molecule has 0 aliphatic heterocycles. The first-order chi connectivity index (χ1) is 7.68. The Kier molecular flexibility index (Phi) is 5.52. The van der Waals surface area contributed by atoms with E-state index in [4.69, 9.17) is 5.11 Å². The van der Waals surface area contributed by atoms with Gasteiger partial charge in [0.05, 0.1) is 19.5 Å². The highest BCUT2D eigenvalue weighted by atomic mass is 32.1. The topological polar surface area (TPSA) is 78.4 Å². The lowest BCUT2D eigenvalue weighted by atomic mass is 10.4. The molecule has 0 saturated carbocycles. The Morgan fingerprint density at radius 1 is 1.44 bits per heavy atom. The Morgan fingerprint density at radius 2 is 2.25 bits per heavy atom. The highest BCUT2D eigenvalue weighted by molar-refractivity contribution is 7.09. The smallest absolute Gasteiger partial charge is 0.304 e. The van der Waals surface area contributed by atoms with Crippen molar-refractivity contribution < 1.29 is 14.7 Å². The number of carboxylic acid groups (broad SMARTS) is 1. The van der Waals surface area contributed by atoms with Crippen molar-refractivity contribution in [3.8, 4) is 0 Å². The monoisotopic (exact) mass is 242 g/mol. The first-order valence-corrected chi connectivity index (χ1v) is 5.78. The molecule has 0 fully saturated rings. The number of rotatable bonds is 7. The van der Waals surface area contributed by atoms with E-state index < -0.39 is 5.97 Å². The van der Waals surface area contributed by atoms with E-state index in [2.05, 4.69) is 10.6 Å². The van der Waals surface area contributed by atoms with Crippen LogP contribution >= 0.6 is 11.3 Å². The van der Waals surface area contributed by atoms with Crippen LogP contribution in [-0.2, 0) is 16.1 Å². The fraction of sp³-hybridized carbons (Fsp3) is 0.400. The summed E-state index contributed by atoms with van der Waals surface area (Å²) in [5.41, 5.74) is 0. The first kappa shape index (κ1) is 12.7. The highest BCUT2D eigenvalue weighted by Gasteiger charge is 2.02. The lowest BCUT2D eigenvalue weighted by molar-refractivity contribution is -0.137. The molecule has 6 heteroatoms. The maximum Gasteiger partial charge on any atom is 0.304 e. The molecule has 3 N–H and O–H groups in total. The average molecular weight is 242 g/mol. The number of carboxylic acids is 1. The summed E-state index contributed by atoms with van der Waals surface area (Å²) < 4.78 is 0. The third-order valence-electron chi connectivity index (χ3n) is 1.84. The van der Waals surface area contributed by atoms with Gasteiger partial charge in [0, 0.05) is 11.4 Å². The van der Waals surface area contributed by atoms with E-state index in [0.717, 1.165) is 4.88 Å². The summed E-state index contributed by atoms with van der Waals surface area (Å²) in [6, 6.07) is 3.88. The minimum absolute atomic E-state index is 0.0260. The van der Waals surface area contributed by atoms with Gasteiger partial charge >= 0.3 is 5.97 Å². The van der Waals surface area contributed by atoms with Crippen LogP contribution in [0.5, 0.6) is 0 Å². The molecule has 88 valence electrons. The zero-order valence-corrected chi connectivity index (χ0v) is 9.55. The second-order valence-electron chi connectivity index (χ2n) is 3.18. The van der Waals surface area contributed by atoms with Gasteiger partial charge in [-0.05, 0) is 11.4 Å². The zero-order chi connectivity index (χ0) is 11.8. The Balaban J connectivity index is 2.05. The van der Waals surface area contributed by atoms with Gasteiger partial charge in [-0.15, -0.1) is 11.3 Å². The largest absolute Gasteiger partial charge is 0.481 e. The summed E-state index contributed by atoms with van der Waals surface area (Å²) in [5.74, 6) is -0.995. The molecule has 0 spiro atoms. The van der Waals surface area contributed by atoms with Crippen LogP contribution in [0.15, 0.2) is 17.5 Å². The Morgan fingerprint density at radius 3 is 2.88 bits per heavy atom. The van der Waals surface area contributed by atoms with Crippen molar-refractivity contribution in [3.05, 3.63) is 22.4 Å². The van der Waals surface area contributed by atoms with Crippen molar-refractivity contribution in [2.75, 3.05) is 13.1 Å². The lowest BCUT2D eigenvalue weighted by Crippen LogP contribution is -2.34. The molecule has 0 aliphatic rings. The Labute approximate surface area is 97.5 Å². The number of carbonyl (C=O) groups is 2. The normalized spacial score (nSPS) is 10.0. The van der Waals surface area contributed by atoms with E-state index >= 15 is 0 Å². The Bertz CT molecular complexity index is 338. The van der Waals surface area contributed by atoms with Crippen LogP contribution in [-0.4, -0.2) is 30.1 Å². The average Bonchev–Trinajstić information content (AvgIpc) is 2.74. The molecule has 1 amide bonds. The van der Waals surface area contributed by atoms with Crippen molar-refractivity contribution in [1.82, 2.24) is 10.6 Å². The quantitative estimate of drug-likeness (QED) is 0.606. The van der Waals surface area contributed by atoms with Crippen molar-refractivity contribution in [2.45, 2.75) is 13.0 Å². The van der Waals surface area contributed by atoms with Crippen LogP contribution in [0.3, 0.4) is 0 Å². The van der Waals surface area contributed by atoms with Crippen molar-refractivity contribution >= 4 is 23.2 Å². The summed E-state index contributed by atoms with van der Waals surface area (Å²) in [4.78, 5) is 22.5. The van der Waals surface area contributed by atoms with Gasteiger partial charge in [-0.3, -0.25) is 9.59 Å². The molecule has 0 saturated heterocycles. The fourth-order valence-corrected chi connectivity index (χ4v) is 1.70. The second kappa shape index (κ2) is 6.97. The van der Waals surface area contributed by atoms with E-state index in [1.54, 1.807) is 11.3 Å². The summed E-state index contributed by atoms with van der Waals surface area (Å²) in [6.45, 7) is 0.984. The number of hydrogen-bond acceptors (Lipinski definition) is 4. The van der Waals surface area contributed by atoms with E-state index in [1.165, 1.54) is 0 Å². The van der Waals surface area contributed by atoms with Gasteiger partial charge in [-0.25, -0.2) is 0 Å². The van der Waals surface area contributed by atoms with E-state index in [-0.39, 0.29) is 18.9 Å². The molecule has 1 heterocycles. The second-order valence-corrected chi connectivity index (χ2v) is 4.21. The van der Waals surface area contributed by atoms with Crippen LogP contribution in [0.1, 0.15) is 11.3 Å². The third kappa shape index (κ3) is 5.47. The van der Waals surface area contributed by atoms with Gasteiger partial charge in [-0.2, -0.15) is 0 Å². The molecule has 0 radical (unpaired) electrons. The zero-order valence-electron chi connectivity index (χ0n) is 8.73. The summed E-state index contributed by atoms with van der Waals surface area (Å²) in [7, 11) is 0. The molecule has 0 unspecified atom stereocenters. The standard InChI is InChI=1S/C10H14N2O3S/c13-9(7-11-4-3-10(14)15)12-6-8-2-1-5-16-8/h1-2,5,11H,3-4,6-7H2,(H,12,13)(H,14,15). The number of nitrogens with one attached hydrogen (secondary N) is 2. The lowest BCUT2D eigenvalue weighted by Gasteiger charge is -2.04. The van der Waals surface area contributed by atoms with Crippen LogP contribution < -0.4 is 10.6 Å². The molecule has 0 aliphatic carbocycles. The van der Waals surface area contributed by atoms with Crippen molar-refractivity contribution in [1.29, 1.82) is 0 Å². The van der Waals surface area contributed by atoms with Gasteiger partial charge in [0.25, 0.3) is 0 Å². The number of amides is 1. The van der Waals surface area contributed by atoms with Gasteiger partial charge in [-0.1, -0.05) is 6.07 Å². The minimum atomic E-state index is -0.869. The first-order valence-electron chi connectivity index (χ1n) is 4.90. The van der Waals surface area contributed by atoms with Crippen molar-refractivity contribution in [3.63, 3.8) is 0 Å². The molecule has 16 heavy (non-hydrogen) atoms. The third-order valence-corrected chi connectivity index (χ3v) is 2.72. The van der Waals surface area contributed by atoms with Gasteiger partial charge in [0.15, 0.2) is 0 Å². The summed E-state index contributed by atoms with van der Waals surface area (Å²) in [6.07, 6.45) is 0.0260. The van der Waals surface area contributed by atoms with E-state index in [0.29, 0.717) is 13.1 Å². The summed E-state index contributed by atoms with van der Waals surface area (Å²) in [5, 5.41) is 15.8. The number of carbonyl (C=O) groups excluding carboxylic acids is 1. The van der Waals surface area contributed by atoms with Crippen molar-refractivity contribution in [2.24, 2.45) is 0 Å². The van der Waals surface area contributed by atoms with Gasteiger partial charge in [0.1, 0.15) is 0 Å². The molecule has 1 aromatic heterocycles. The molecule has 0 atom stereocenters. The van der Waals surface area contributed by atoms with Crippen LogP contribution in [0, 0.1) is 0 Å². The predicted molar refractivity (Wildman–Crippen MR) is 61.3 cm³/mol. The molecule has 0 bridgehead atoms.